The first-order chi connectivity index (χ1) is 13.1. The summed E-state index contributed by atoms with van der Waals surface area (Å²) in [5, 5.41) is 0. The second kappa shape index (κ2) is 7.23. The summed E-state index contributed by atoms with van der Waals surface area (Å²) in [6, 6.07) is 15.4. The summed E-state index contributed by atoms with van der Waals surface area (Å²) in [6.07, 6.45) is 3.02. The van der Waals surface area contributed by atoms with Crippen LogP contribution in [0, 0.1) is 5.92 Å². The topological polar surface area (TPSA) is 86.0 Å². The van der Waals surface area contributed by atoms with Gasteiger partial charge in [-0.05, 0) is 48.9 Å². The molecule has 0 bridgehead atoms. The Labute approximate surface area is 155 Å². The molecule has 1 amide bonds. The van der Waals surface area contributed by atoms with Crippen molar-refractivity contribution in [2.24, 2.45) is 5.92 Å². The van der Waals surface area contributed by atoms with E-state index in [1.54, 1.807) is 18.2 Å². The molecule has 2 heterocycles. The molecule has 0 radical (unpaired) electrons. The highest BCUT2D eigenvalue weighted by Gasteiger charge is 2.24. The number of aromatic nitrogens is 2. The van der Waals surface area contributed by atoms with Crippen molar-refractivity contribution in [2.45, 2.75) is 19.3 Å². The number of hydrogen-bond donors (Lipinski definition) is 2. The average Bonchev–Trinajstić information content (AvgIpc) is 2.69. The zero-order chi connectivity index (χ0) is 18.8. The van der Waals surface area contributed by atoms with Crippen molar-refractivity contribution in [1.82, 2.24) is 14.9 Å². The predicted octanol–water partition coefficient (Wildman–Crippen LogP) is 2.31. The van der Waals surface area contributed by atoms with Crippen LogP contribution in [0.5, 0.6) is 0 Å². The maximum atomic E-state index is 12.8. The Morgan fingerprint density at radius 3 is 2.30 bits per heavy atom. The van der Waals surface area contributed by atoms with Crippen molar-refractivity contribution >= 4 is 16.9 Å². The highest BCUT2D eigenvalue weighted by Crippen LogP contribution is 2.23. The van der Waals surface area contributed by atoms with E-state index >= 15 is 0 Å². The third-order valence-electron chi connectivity index (χ3n) is 5.24. The molecule has 0 spiro atoms. The van der Waals surface area contributed by atoms with Crippen molar-refractivity contribution in [3.8, 4) is 0 Å². The second-order valence-electron chi connectivity index (χ2n) is 7.09. The van der Waals surface area contributed by atoms with Crippen molar-refractivity contribution in [1.29, 1.82) is 0 Å². The third kappa shape index (κ3) is 3.69. The standard InChI is InChI=1S/C21H21N3O3/c25-19-20(26)23-18-13-16(6-7-17(18)22-19)21(27)24-10-8-15(9-11-24)12-14-4-2-1-3-5-14/h1-7,13,15H,8-12H2,(H,22,25)(H,23,26). The number of nitrogens with zero attached hydrogens (tertiary/aromatic N) is 1. The molecular formula is C21H21N3O3. The van der Waals surface area contributed by atoms with Gasteiger partial charge in [-0.1, -0.05) is 30.3 Å². The predicted molar refractivity (Wildman–Crippen MR) is 104 cm³/mol. The monoisotopic (exact) mass is 363 g/mol. The van der Waals surface area contributed by atoms with Gasteiger partial charge >= 0.3 is 11.1 Å². The minimum atomic E-state index is -0.714. The molecule has 1 saturated heterocycles. The van der Waals surface area contributed by atoms with Gasteiger partial charge in [0.1, 0.15) is 0 Å². The largest absolute Gasteiger partial charge is 0.339 e. The number of piperidine rings is 1. The fourth-order valence-electron chi connectivity index (χ4n) is 3.72. The Morgan fingerprint density at radius 1 is 0.926 bits per heavy atom. The molecule has 2 aromatic carbocycles. The Morgan fingerprint density at radius 2 is 1.59 bits per heavy atom. The summed E-state index contributed by atoms with van der Waals surface area (Å²) < 4.78 is 0. The zero-order valence-corrected chi connectivity index (χ0v) is 14.9. The van der Waals surface area contributed by atoms with Gasteiger partial charge in [-0.2, -0.15) is 0 Å². The van der Waals surface area contributed by atoms with E-state index in [-0.39, 0.29) is 5.91 Å². The Kier molecular flexibility index (Phi) is 4.62. The molecule has 0 aliphatic carbocycles. The highest BCUT2D eigenvalue weighted by atomic mass is 16.2. The summed E-state index contributed by atoms with van der Waals surface area (Å²) >= 11 is 0. The first-order valence-corrected chi connectivity index (χ1v) is 9.20. The lowest BCUT2D eigenvalue weighted by Gasteiger charge is -2.32. The SMILES string of the molecule is O=C(c1ccc2[nH]c(=O)c(=O)[nH]c2c1)N1CCC(Cc2ccccc2)CC1. The van der Waals surface area contributed by atoms with E-state index in [1.165, 1.54) is 5.56 Å². The molecule has 1 fully saturated rings. The zero-order valence-electron chi connectivity index (χ0n) is 14.9. The molecule has 1 aliphatic heterocycles. The Bertz CT molecular complexity index is 1080. The number of amides is 1. The van der Waals surface area contributed by atoms with Gasteiger partial charge in [0.15, 0.2) is 0 Å². The Balaban J connectivity index is 1.44. The van der Waals surface area contributed by atoms with E-state index in [4.69, 9.17) is 0 Å². The van der Waals surface area contributed by atoms with Gasteiger partial charge in [0.2, 0.25) is 0 Å². The number of hydrogen-bond acceptors (Lipinski definition) is 3. The first kappa shape index (κ1) is 17.3. The summed E-state index contributed by atoms with van der Waals surface area (Å²) in [6.45, 7) is 1.47. The maximum Gasteiger partial charge on any atom is 0.314 e. The van der Waals surface area contributed by atoms with Crippen LogP contribution in [0.3, 0.4) is 0 Å². The van der Waals surface area contributed by atoms with E-state index < -0.39 is 11.1 Å². The van der Waals surface area contributed by atoms with Crippen LogP contribution in [0.25, 0.3) is 11.0 Å². The molecule has 6 heteroatoms. The van der Waals surface area contributed by atoms with Crippen molar-refractivity contribution < 1.29 is 4.79 Å². The summed E-state index contributed by atoms with van der Waals surface area (Å²) in [4.78, 5) is 42.6. The summed E-state index contributed by atoms with van der Waals surface area (Å²) in [5.74, 6) is 0.552. The molecule has 1 aromatic heterocycles. The number of aromatic amines is 2. The molecular weight excluding hydrogens is 342 g/mol. The molecule has 27 heavy (non-hydrogen) atoms. The van der Waals surface area contributed by atoms with E-state index in [0.717, 1.165) is 32.4 Å². The third-order valence-corrected chi connectivity index (χ3v) is 5.24. The number of carbonyl (C=O) groups is 1. The molecule has 4 rings (SSSR count). The lowest BCUT2D eigenvalue weighted by atomic mass is 9.90. The van der Waals surface area contributed by atoms with Crippen LogP contribution >= 0.6 is 0 Å². The molecule has 3 aromatic rings. The molecule has 0 saturated carbocycles. The number of rotatable bonds is 3. The quantitative estimate of drug-likeness (QED) is 0.700. The van der Waals surface area contributed by atoms with Crippen molar-refractivity contribution in [3.63, 3.8) is 0 Å². The summed E-state index contributed by atoms with van der Waals surface area (Å²) in [7, 11) is 0. The van der Waals surface area contributed by atoms with Crippen LogP contribution in [0.15, 0.2) is 58.1 Å². The van der Waals surface area contributed by atoms with Gasteiger partial charge in [0, 0.05) is 18.7 Å². The van der Waals surface area contributed by atoms with E-state index in [9.17, 15) is 14.4 Å². The fourth-order valence-corrected chi connectivity index (χ4v) is 3.72. The number of H-pyrrole nitrogens is 2. The van der Waals surface area contributed by atoms with Crippen molar-refractivity contribution in [2.75, 3.05) is 13.1 Å². The maximum absolute atomic E-state index is 12.8. The normalized spacial score (nSPS) is 15.2. The second-order valence-corrected chi connectivity index (χ2v) is 7.09. The minimum Gasteiger partial charge on any atom is -0.339 e. The van der Waals surface area contributed by atoms with Crippen LogP contribution in [0.4, 0.5) is 0 Å². The van der Waals surface area contributed by atoms with Gasteiger partial charge in [-0.25, -0.2) is 0 Å². The van der Waals surface area contributed by atoms with Gasteiger partial charge in [0.05, 0.1) is 11.0 Å². The molecule has 0 unspecified atom stereocenters. The molecule has 138 valence electrons. The van der Waals surface area contributed by atoms with Crippen molar-refractivity contribution in [3.05, 3.63) is 80.4 Å². The van der Waals surface area contributed by atoms with E-state index in [0.29, 0.717) is 22.5 Å². The lowest BCUT2D eigenvalue weighted by Crippen LogP contribution is -2.39. The van der Waals surface area contributed by atoms with Gasteiger partial charge in [-0.15, -0.1) is 0 Å². The van der Waals surface area contributed by atoms with Gasteiger partial charge in [0.25, 0.3) is 5.91 Å². The van der Waals surface area contributed by atoms with Gasteiger partial charge in [-0.3, -0.25) is 14.4 Å². The molecule has 1 aliphatic rings. The number of benzene rings is 2. The highest BCUT2D eigenvalue weighted by molar-refractivity contribution is 5.97. The Hall–Kier alpha value is -3.15. The fraction of sp³-hybridized carbons (Fsp3) is 0.286. The van der Waals surface area contributed by atoms with Crippen LogP contribution in [0.1, 0.15) is 28.8 Å². The molecule has 2 N–H and O–H groups in total. The van der Waals surface area contributed by atoms with Gasteiger partial charge < -0.3 is 14.9 Å². The smallest absolute Gasteiger partial charge is 0.314 e. The van der Waals surface area contributed by atoms with Crippen LogP contribution in [0.2, 0.25) is 0 Å². The minimum absolute atomic E-state index is 0.0397. The average molecular weight is 363 g/mol. The van der Waals surface area contributed by atoms with Crippen LogP contribution < -0.4 is 11.1 Å². The van der Waals surface area contributed by atoms with E-state index in [2.05, 4.69) is 34.2 Å². The number of carbonyl (C=O) groups excluding carboxylic acids is 1. The lowest BCUT2D eigenvalue weighted by molar-refractivity contribution is 0.0690. The van der Waals surface area contributed by atoms with Crippen LogP contribution in [-0.4, -0.2) is 33.9 Å². The van der Waals surface area contributed by atoms with E-state index in [1.807, 2.05) is 11.0 Å². The number of fused-ring (bicyclic) bond motifs is 1. The molecule has 0 atom stereocenters. The number of nitrogens with one attached hydrogen (secondary N) is 2. The first-order valence-electron chi connectivity index (χ1n) is 9.20. The van der Waals surface area contributed by atoms with Crippen LogP contribution in [-0.2, 0) is 6.42 Å². The summed E-state index contributed by atoms with van der Waals surface area (Å²) in [5.41, 5.74) is 1.43. The molecule has 6 nitrogen and oxygen atoms in total. The number of likely N-dealkylation sites (tertiary alicyclic amines) is 1.